The largest absolute Gasteiger partial charge is 0.495 e. The van der Waals surface area contributed by atoms with Crippen molar-refractivity contribution in [3.8, 4) is 0 Å². The molecule has 196 valence electrons. The van der Waals surface area contributed by atoms with E-state index in [4.69, 9.17) is 23.4 Å². The van der Waals surface area contributed by atoms with Gasteiger partial charge in [0.05, 0.1) is 35.1 Å². The number of ether oxygens (including phenoxy) is 1. The van der Waals surface area contributed by atoms with Crippen LogP contribution in [0.5, 0.6) is 0 Å². The smallest absolute Gasteiger partial charge is 0.465 e. The van der Waals surface area contributed by atoms with Crippen LogP contribution < -0.4 is 10.9 Å². The Bertz CT molecular complexity index is 1200. The monoisotopic (exact) mass is 504 g/mol. The zero-order chi connectivity index (χ0) is 27.4. The summed E-state index contributed by atoms with van der Waals surface area (Å²) in [5.41, 5.74) is 3.32. The van der Waals surface area contributed by atoms with Crippen LogP contribution in [0.2, 0.25) is 0 Å². The van der Waals surface area contributed by atoms with E-state index < -0.39 is 31.4 Å². The number of carbonyl (C=O) groups is 1. The molecule has 2 aromatic rings. The molecule has 0 radical (unpaired) electrons. The van der Waals surface area contributed by atoms with Crippen molar-refractivity contribution < 1.29 is 28.1 Å². The number of methoxy groups -OCH3 is 1. The summed E-state index contributed by atoms with van der Waals surface area (Å²) in [4.78, 5) is 12.7. The molecule has 6 nitrogen and oxygen atoms in total. The summed E-state index contributed by atoms with van der Waals surface area (Å²) in [6.45, 7) is 18.2. The van der Waals surface area contributed by atoms with E-state index in [0.717, 1.165) is 22.2 Å². The molecular weight excluding hydrogens is 466 g/mol. The maximum absolute atomic E-state index is 12.7. The minimum Gasteiger partial charge on any atom is -0.465 e. The molecule has 0 bridgehead atoms. The highest BCUT2D eigenvalue weighted by Crippen LogP contribution is 2.38. The standard InChI is InChI=1S/C29H38B2O6/c1-19-17-20(13-15-23(19)30-34-26(2,3)27(4,5)35-30)11-12-21-14-16-24(22(18-21)25(32)33-10)31-36-28(6,7)29(8,9)37-31/h11-18H,1-10H3/b12-11+. The SMILES string of the molecule is COC(=O)c1cc(/C=C/c2ccc(B3OC(C)(C)C(C)(C)O3)c(C)c2)ccc1B1OC(C)(C)C(C)(C)O1. The second kappa shape index (κ2) is 9.42. The second-order valence-electron chi connectivity index (χ2n) is 12.0. The summed E-state index contributed by atoms with van der Waals surface area (Å²) in [5, 5.41) is 0. The average Bonchev–Trinajstić information content (AvgIpc) is 3.16. The van der Waals surface area contributed by atoms with Gasteiger partial charge >= 0.3 is 20.2 Å². The van der Waals surface area contributed by atoms with Gasteiger partial charge in [0.15, 0.2) is 0 Å². The first-order valence-corrected chi connectivity index (χ1v) is 12.8. The van der Waals surface area contributed by atoms with Gasteiger partial charge in [-0.05, 0) is 90.4 Å². The first-order valence-electron chi connectivity index (χ1n) is 12.8. The van der Waals surface area contributed by atoms with Crippen LogP contribution in [-0.4, -0.2) is 49.7 Å². The Balaban J connectivity index is 1.57. The van der Waals surface area contributed by atoms with Crippen LogP contribution in [-0.2, 0) is 23.4 Å². The summed E-state index contributed by atoms with van der Waals surface area (Å²) < 4.78 is 29.9. The Morgan fingerprint density at radius 1 is 0.703 bits per heavy atom. The van der Waals surface area contributed by atoms with Crippen LogP contribution in [0.1, 0.15) is 82.4 Å². The van der Waals surface area contributed by atoms with E-state index in [1.54, 1.807) is 0 Å². The van der Waals surface area contributed by atoms with Gasteiger partial charge in [-0.25, -0.2) is 4.79 Å². The number of benzene rings is 2. The molecule has 2 fully saturated rings. The van der Waals surface area contributed by atoms with E-state index in [1.165, 1.54) is 7.11 Å². The maximum Gasteiger partial charge on any atom is 0.495 e. The van der Waals surface area contributed by atoms with Gasteiger partial charge in [-0.3, -0.25) is 0 Å². The summed E-state index contributed by atoms with van der Waals surface area (Å²) in [6.07, 6.45) is 4.00. The van der Waals surface area contributed by atoms with Crippen molar-refractivity contribution in [3.05, 3.63) is 58.7 Å². The van der Waals surface area contributed by atoms with Crippen molar-refractivity contribution in [3.63, 3.8) is 0 Å². The molecule has 37 heavy (non-hydrogen) atoms. The minimum absolute atomic E-state index is 0.383. The van der Waals surface area contributed by atoms with Crippen LogP contribution in [0.4, 0.5) is 0 Å². The molecule has 2 heterocycles. The van der Waals surface area contributed by atoms with Gasteiger partial charge in [-0.2, -0.15) is 0 Å². The van der Waals surface area contributed by atoms with Gasteiger partial charge in [-0.1, -0.05) is 48.0 Å². The molecule has 0 aromatic heterocycles. The molecule has 8 heteroatoms. The average molecular weight is 504 g/mol. The van der Waals surface area contributed by atoms with Crippen LogP contribution in [0, 0.1) is 6.92 Å². The molecule has 2 saturated heterocycles. The second-order valence-corrected chi connectivity index (χ2v) is 12.0. The zero-order valence-corrected chi connectivity index (χ0v) is 23.7. The third-order valence-electron chi connectivity index (χ3n) is 8.26. The molecular formula is C29H38B2O6. The van der Waals surface area contributed by atoms with Gasteiger partial charge in [0.25, 0.3) is 0 Å². The van der Waals surface area contributed by atoms with E-state index in [0.29, 0.717) is 11.0 Å². The van der Waals surface area contributed by atoms with Crippen LogP contribution in [0.25, 0.3) is 12.2 Å². The van der Waals surface area contributed by atoms with Crippen molar-refractivity contribution in [2.75, 3.05) is 7.11 Å². The molecule has 0 unspecified atom stereocenters. The van der Waals surface area contributed by atoms with Gasteiger partial charge in [0.1, 0.15) is 0 Å². The zero-order valence-electron chi connectivity index (χ0n) is 23.7. The normalized spacial score (nSPS) is 21.6. The molecule has 2 aliphatic rings. The molecule has 0 amide bonds. The lowest BCUT2D eigenvalue weighted by atomic mass is 9.75. The Morgan fingerprint density at radius 2 is 1.11 bits per heavy atom. The lowest BCUT2D eigenvalue weighted by Gasteiger charge is -2.32. The van der Waals surface area contributed by atoms with Gasteiger partial charge in [0, 0.05) is 0 Å². The number of rotatable bonds is 5. The van der Waals surface area contributed by atoms with Crippen molar-refractivity contribution in [1.82, 2.24) is 0 Å². The van der Waals surface area contributed by atoms with Gasteiger partial charge < -0.3 is 23.4 Å². The van der Waals surface area contributed by atoms with E-state index >= 15 is 0 Å². The van der Waals surface area contributed by atoms with Crippen molar-refractivity contribution in [1.29, 1.82) is 0 Å². The molecule has 0 N–H and O–H groups in total. The maximum atomic E-state index is 12.7. The number of aryl methyl sites for hydroxylation is 1. The van der Waals surface area contributed by atoms with Gasteiger partial charge in [0.2, 0.25) is 0 Å². The van der Waals surface area contributed by atoms with E-state index in [2.05, 4.69) is 46.8 Å². The summed E-state index contributed by atoms with van der Waals surface area (Å²) in [6, 6.07) is 11.9. The highest BCUT2D eigenvalue weighted by molar-refractivity contribution is 6.63. The minimum atomic E-state index is -0.651. The van der Waals surface area contributed by atoms with Gasteiger partial charge in [-0.15, -0.1) is 0 Å². The Kier molecular flexibility index (Phi) is 7.04. The van der Waals surface area contributed by atoms with E-state index in [1.807, 2.05) is 64.1 Å². The first kappa shape index (κ1) is 27.6. The van der Waals surface area contributed by atoms with E-state index in [9.17, 15) is 4.79 Å². The Labute approximate surface area is 222 Å². The fourth-order valence-corrected chi connectivity index (χ4v) is 4.37. The van der Waals surface area contributed by atoms with Crippen LogP contribution >= 0.6 is 0 Å². The highest BCUT2D eigenvalue weighted by atomic mass is 16.7. The predicted octanol–water partition coefficient (Wildman–Crippen LogP) is 4.55. The molecule has 0 aliphatic carbocycles. The van der Waals surface area contributed by atoms with Crippen molar-refractivity contribution in [2.24, 2.45) is 0 Å². The molecule has 4 rings (SSSR count). The van der Waals surface area contributed by atoms with E-state index in [-0.39, 0.29) is 11.2 Å². The molecule has 2 aliphatic heterocycles. The number of hydrogen-bond acceptors (Lipinski definition) is 6. The lowest BCUT2D eigenvalue weighted by Crippen LogP contribution is -2.41. The number of hydrogen-bond donors (Lipinski definition) is 0. The topological polar surface area (TPSA) is 63.2 Å². The fraction of sp³-hybridized carbons (Fsp3) is 0.483. The predicted molar refractivity (Wildman–Crippen MR) is 149 cm³/mol. The van der Waals surface area contributed by atoms with Crippen molar-refractivity contribution in [2.45, 2.75) is 84.7 Å². The molecule has 2 aromatic carbocycles. The third kappa shape index (κ3) is 5.17. The summed E-state index contributed by atoms with van der Waals surface area (Å²) in [7, 11) is 0.332. The third-order valence-corrected chi connectivity index (χ3v) is 8.26. The molecule has 0 saturated carbocycles. The Hall–Kier alpha value is -2.38. The first-order chi connectivity index (χ1) is 17.1. The quantitative estimate of drug-likeness (QED) is 0.339. The number of esters is 1. The van der Waals surface area contributed by atoms with Crippen LogP contribution in [0.15, 0.2) is 36.4 Å². The summed E-state index contributed by atoms with van der Waals surface area (Å²) >= 11 is 0. The fourth-order valence-electron chi connectivity index (χ4n) is 4.37. The molecule has 0 spiro atoms. The molecule has 0 atom stereocenters. The van der Waals surface area contributed by atoms with Crippen molar-refractivity contribution >= 4 is 43.3 Å². The summed E-state index contributed by atoms with van der Waals surface area (Å²) in [5.74, 6) is -0.428. The number of carbonyl (C=O) groups excluding carboxylic acids is 1. The van der Waals surface area contributed by atoms with Crippen LogP contribution in [0.3, 0.4) is 0 Å². The lowest BCUT2D eigenvalue weighted by molar-refractivity contribution is 0.00578. The highest BCUT2D eigenvalue weighted by Gasteiger charge is 2.53. The Morgan fingerprint density at radius 3 is 1.54 bits per heavy atom.